The Kier molecular flexibility index (Phi) is 4.56. The first kappa shape index (κ1) is 17.9. The Hall–Kier alpha value is -2.53. The molecular weight excluding hydrogens is 364 g/mol. The third kappa shape index (κ3) is 2.86. The van der Waals surface area contributed by atoms with Gasteiger partial charge in [-0.1, -0.05) is 18.5 Å². The lowest BCUT2D eigenvalue weighted by Gasteiger charge is -2.22. The average Bonchev–Trinajstić information content (AvgIpc) is 2.79. The number of carbonyl (C=O) groups is 1. The fourth-order valence-corrected chi connectivity index (χ4v) is 4.22. The first-order valence-corrected chi connectivity index (χ1v) is 9.44. The summed E-state index contributed by atoms with van der Waals surface area (Å²) in [5.41, 5.74) is 4.95. The number of benzene rings is 2. The van der Waals surface area contributed by atoms with Crippen molar-refractivity contribution in [1.29, 1.82) is 0 Å². The first-order chi connectivity index (χ1) is 13.1. The number of nitrogens with zero attached hydrogens (tertiary/aromatic N) is 1. The van der Waals surface area contributed by atoms with Gasteiger partial charge in [-0.05, 0) is 35.9 Å². The number of nitrogens with one attached hydrogen (secondary N) is 1. The van der Waals surface area contributed by atoms with Gasteiger partial charge in [-0.3, -0.25) is 4.79 Å². The Labute approximate surface area is 163 Å². The summed E-state index contributed by atoms with van der Waals surface area (Å²) in [7, 11) is 3.27. The minimum Gasteiger partial charge on any atom is -0.493 e. The molecule has 1 amide bonds. The second-order valence-corrected chi connectivity index (χ2v) is 7.20. The number of fused-ring (bicyclic) bond motifs is 4. The maximum atomic E-state index is 12.8. The molecule has 6 heteroatoms. The summed E-state index contributed by atoms with van der Waals surface area (Å²) < 4.78 is 13.2. The van der Waals surface area contributed by atoms with Crippen molar-refractivity contribution in [3.63, 3.8) is 0 Å². The highest BCUT2D eigenvalue weighted by Crippen LogP contribution is 2.36. The predicted octanol–water partition coefficient (Wildman–Crippen LogP) is 3.49. The molecule has 1 atom stereocenters. The summed E-state index contributed by atoms with van der Waals surface area (Å²) in [6, 6.07) is 9.40. The number of hydrogen-bond donors (Lipinski definition) is 1. The number of carbonyl (C=O) groups excluding carboxylic acids is 1. The number of ether oxygens (including phenoxy) is 2. The molecule has 0 saturated heterocycles. The van der Waals surface area contributed by atoms with Gasteiger partial charge in [0.15, 0.2) is 11.5 Å². The molecule has 4 rings (SSSR count). The van der Waals surface area contributed by atoms with Crippen molar-refractivity contribution in [3.05, 3.63) is 52.0 Å². The molecule has 2 heterocycles. The van der Waals surface area contributed by atoms with Gasteiger partial charge in [-0.15, -0.1) is 0 Å². The van der Waals surface area contributed by atoms with Gasteiger partial charge in [0.25, 0.3) is 5.91 Å². The zero-order chi connectivity index (χ0) is 19.1. The van der Waals surface area contributed by atoms with Crippen molar-refractivity contribution in [1.82, 2.24) is 0 Å². The molecule has 1 N–H and O–H groups in total. The lowest BCUT2D eigenvalue weighted by molar-refractivity contribution is -0.552. The summed E-state index contributed by atoms with van der Waals surface area (Å²) in [5, 5.41) is 3.71. The van der Waals surface area contributed by atoms with E-state index in [1.165, 1.54) is 5.56 Å². The molecule has 0 aliphatic carbocycles. The van der Waals surface area contributed by atoms with E-state index in [2.05, 4.69) is 9.89 Å². The summed E-state index contributed by atoms with van der Waals surface area (Å²) in [6.07, 6.45) is 1.55. The molecule has 0 spiro atoms. The fraction of sp³-hybridized carbons (Fsp3) is 0.333. The third-order valence-corrected chi connectivity index (χ3v) is 5.57. The Bertz CT molecular complexity index is 968. The maximum absolute atomic E-state index is 12.8. The Balaban J connectivity index is 2.04. The minimum absolute atomic E-state index is 0.0139. The van der Waals surface area contributed by atoms with Gasteiger partial charge in [0, 0.05) is 17.9 Å². The molecule has 0 saturated carbocycles. The Morgan fingerprint density at radius 3 is 2.59 bits per heavy atom. The van der Waals surface area contributed by atoms with Crippen LogP contribution in [0, 0.1) is 0 Å². The van der Waals surface area contributed by atoms with Gasteiger partial charge in [-0.2, -0.15) is 0 Å². The van der Waals surface area contributed by atoms with Crippen LogP contribution >= 0.6 is 11.6 Å². The molecule has 27 heavy (non-hydrogen) atoms. The standard InChI is InChI=1S/C21H21ClN2O3/c1-4-17-21(25)23-16-6-5-13(22)10-15(16)20-14-11-19(27-3)18(26-2)9-12(14)7-8-24(17)20/h5-6,9-11,17H,4,7-8H2,1-3H3/p+1. The number of hydrogen-bond acceptors (Lipinski definition) is 3. The molecule has 0 radical (unpaired) electrons. The number of methoxy groups -OCH3 is 2. The van der Waals surface area contributed by atoms with Gasteiger partial charge in [0.05, 0.1) is 31.0 Å². The number of amides is 1. The molecule has 2 aromatic rings. The van der Waals surface area contributed by atoms with E-state index < -0.39 is 0 Å². The highest BCUT2D eigenvalue weighted by Gasteiger charge is 2.40. The second kappa shape index (κ2) is 6.89. The molecule has 2 aromatic carbocycles. The van der Waals surface area contributed by atoms with E-state index in [0.29, 0.717) is 16.5 Å². The van der Waals surface area contributed by atoms with Crippen molar-refractivity contribution in [2.75, 3.05) is 26.1 Å². The lowest BCUT2D eigenvalue weighted by atomic mass is 9.90. The highest BCUT2D eigenvalue weighted by molar-refractivity contribution is 6.31. The summed E-state index contributed by atoms with van der Waals surface area (Å²) >= 11 is 6.31. The monoisotopic (exact) mass is 385 g/mol. The van der Waals surface area contributed by atoms with Gasteiger partial charge in [0.1, 0.15) is 6.54 Å². The maximum Gasteiger partial charge on any atom is 0.293 e. The fourth-order valence-electron chi connectivity index (χ4n) is 4.05. The van der Waals surface area contributed by atoms with Crippen molar-refractivity contribution in [2.45, 2.75) is 25.8 Å². The second-order valence-electron chi connectivity index (χ2n) is 6.76. The van der Waals surface area contributed by atoms with E-state index >= 15 is 0 Å². The van der Waals surface area contributed by atoms with E-state index in [-0.39, 0.29) is 11.9 Å². The van der Waals surface area contributed by atoms with Crippen LogP contribution in [0.15, 0.2) is 30.3 Å². The SMILES string of the molecule is CCC1C(=O)Nc2ccc(Cl)cc2C2=[N+]1CCc1cc(OC)c(OC)cc12. The molecule has 0 aromatic heterocycles. The van der Waals surface area contributed by atoms with Crippen molar-refractivity contribution in [3.8, 4) is 11.5 Å². The number of rotatable bonds is 3. The molecule has 0 bridgehead atoms. The quantitative estimate of drug-likeness (QED) is 0.823. The van der Waals surface area contributed by atoms with E-state index in [4.69, 9.17) is 21.1 Å². The predicted molar refractivity (Wildman–Crippen MR) is 106 cm³/mol. The summed E-state index contributed by atoms with van der Waals surface area (Å²) in [6.45, 7) is 2.80. The van der Waals surface area contributed by atoms with Gasteiger partial charge in [0.2, 0.25) is 11.8 Å². The molecular formula is C21H22ClN2O3+. The van der Waals surface area contributed by atoms with Crippen molar-refractivity contribution in [2.24, 2.45) is 0 Å². The van der Waals surface area contributed by atoms with Crippen LogP contribution < -0.4 is 14.8 Å². The number of anilines is 1. The first-order valence-electron chi connectivity index (χ1n) is 9.07. The van der Waals surface area contributed by atoms with Crippen LogP contribution in [0.4, 0.5) is 5.69 Å². The molecule has 140 valence electrons. The van der Waals surface area contributed by atoms with Crippen molar-refractivity contribution >= 4 is 28.9 Å². The van der Waals surface area contributed by atoms with Crippen LogP contribution in [-0.2, 0) is 11.2 Å². The van der Waals surface area contributed by atoms with Crippen LogP contribution in [0.2, 0.25) is 5.02 Å². The molecule has 1 unspecified atom stereocenters. The average molecular weight is 386 g/mol. The molecule has 0 fully saturated rings. The van der Waals surface area contributed by atoms with Crippen LogP contribution in [0.1, 0.15) is 30.0 Å². The van der Waals surface area contributed by atoms with Crippen LogP contribution in [0.5, 0.6) is 11.5 Å². The van der Waals surface area contributed by atoms with E-state index in [9.17, 15) is 4.79 Å². The zero-order valence-electron chi connectivity index (χ0n) is 15.6. The molecule has 2 aliphatic rings. The molecule has 5 nitrogen and oxygen atoms in total. The highest BCUT2D eigenvalue weighted by atomic mass is 35.5. The van der Waals surface area contributed by atoms with Crippen LogP contribution in [0.25, 0.3) is 0 Å². The largest absolute Gasteiger partial charge is 0.493 e. The van der Waals surface area contributed by atoms with Gasteiger partial charge < -0.3 is 14.8 Å². The molecule has 2 aliphatic heterocycles. The normalized spacial score (nSPS) is 18.1. The number of halogens is 1. The Morgan fingerprint density at radius 2 is 1.89 bits per heavy atom. The Morgan fingerprint density at radius 1 is 1.15 bits per heavy atom. The zero-order valence-corrected chi connectivity index (χ0v) is 16.4. The van der Waals surface area contributed by atoms with E-state index in [1.54, 1.807) is 20.3 Å². The van der Waals surface area contributed by atoms with Gasteiger partial charge in [-0.25, -0.2) is 4.58 Å². The minimum atomic E-state index is -0.229. The van der Waals surface area contributed by atoms with Crippen LogP contribution in [0.3, 0.4) is 0 Å². The van der Waals surface area contributed by atoms with E-state index in [1.807, 2.05) is 31.2 Å². The van der Waals surface area contributed by atoms with Gasteiger partial charge >= 0.3 is 0 Å². The third-order valence-electron chi connectivity index (χ3n) is 5.33. The van der Waals surface area contributed by atoms with Crippen molar-refractivity contribution < 1.29 is 18.8 Å². The smallest absolute Gasteiger partial charge is 0.293 e. The van der Waals surface area contributed by atoms with Crippen LogP contribution in [-0.4, -0.2) is 43.0 Å². The van der Waals surface area contributed by atoms with E-state index in [0.717, 1.165) is 41.9 Å². The lowest BCUT2D eigenvalue weighted by Crippen LogP contribution is -2.42. The topological polar surface area (TPSA) is 50.6 Å². The summed E-state index contributed by atoms with van der Waals surface area (Å²) in [5.74, 6) is 1.40. The summed E-state index contributed by atoms with van der Waals surface area (Å²) in [4.78, 5) is 12.8.